The van der Waals surface area contributed by atoms with Crippen LogP contribution in [0.3, 0.4) is 0 Å². The lowest BCUT2D eigenvalue weighted by molar-refractivity contribution is 0.0691. The highest BCUT2D eigenvalue weighted by Crippen LogP contribution is 2.14. The van der Waals surface area contributed by atoms with Crippen molar-refractivity contribution in [2.24, 2.45) is 0 Å². The summed E-state index contributed by atoms with van der Waals surface area (Å²) in [6.45, 7) is 4.19. The van der Waals surface area contributed by atoms with E-state index in [0.29, 0.717) is 0 Å². The number of carbonyl (C=O) groups is 1. The molecule has 0 bridgehead atoms. The summed E-state index contributed by atoms with van der Waals surface area (Å²) in [6.07, 6.45) is 6.01. The van der Waals surface area contributed by atoms with Crippen molar-refractivity contribution in [1.29, 1.82) is 0 Å². The summed E-state index contributed by atoms with van der Waals surface area (Å²) < 4.78 is 0. The van der Waals surface area contributed by atoms with Crippen molar-refractivity contribution in [3.05, 3.63) is 34.0 Å². The van der Waals surface area contributed by atoms with Crippen LogP contribution in [0, 0.1) is 0 Å². The smallest absolute Gasteiger partial charge is 0.352 e. The summed E-state index contributed by atoms with van der Waals surface area (Å²) in [4.78, 5) is 13.8. The number of aromatic amines is 1. The average Bonchev–Trinajstić information content (AvgIpc) is 2.62. The molecule has 1 aromatic rings. The van der Waals surface area contributed by atoms with Gasteiger partial charge in [0.2, 0.25) is 0 Å². The minimum absolute atomic E-state index is 0.258. The average molecular weight is 217 g/mol. The molecule has 0 unspecified atom stereocenters. The van der Waals surface area contributed by atoms with Gasteiger partial charge in [-0.15, -0.1) is 0 Å². The van der Waals surface area contributed by atoms with E-state index in [4.69, 9.17) is 5.11 Å². The van der Waals surface area contributed by atoms with E-state index < -0.39 is 5.97 Å². The third-order valence-electron chi connectivity index (χ3n) is 2.97. The van der Waals surface area contributed by atoms with Gasteiger partial charge in [0.05, 0.1) is 0 Å². The second-order valence-corrected chi connectivity index (χ2v) is 4.12. The van der Waals surface area contributed by atoms with Gasteiger partial charge in [-0.2, -0.15) is 0 Å². The highest BCUT2D eigenvalue weighted by atomic mass is 16.4. The second-order valence-electron chi connectivity index (χ2n) is 4.12. The van der Waals surface area contributed by atoms with Gasteiger partial charge < -0.3 is 10.1 Å². The van der Waals surface area contributed by atoms with Crippen molar-refractivity contribution in [1.82, 2.24) is 4.98 Å². The quantitative estimate of drug-likeness (QED) is 0.786. The maximum absolute atomic E-state index is 10.9. The number of H-pyrrole nitrogens is 1. The number of hydrogen-bond donors (Lipinski definition) is 2. The topological polar surface area (TPSA) is 53.1 Å². The standard InChI is InChI=1S/C13H15NO2/c1-3-9-4-5-11-10(8(2)6-9)7-12(14-11)13(15)16/h4-5,7,14H,3,6H2,1-2H3,(H,15,16). The van der Waals surface area contributed by atoms with Crippen LogP contribution in [-0.2, 0) is 0 Å². The van der Waals surface area contributed by atoms with E-state index in [9.17, 15) is 4.79 Å². The van der Waals surface area contributed by atoms with E-state index >= 15 is 0 Å². The van der Waals surface area contributed by atoms with Crippen LogP contribution in [0.2, 0.25) is 0 Å². The van der Waals surface area contributed by atoms with Crippen LogP contribution < -0.4 is 10.6 Å². The number of fused-ring (bicyclic) bond motifs is 1. The van der Waals surface area contributed by atoms with Gasteiger partial charge in [0.25, 0.3) is 0 Å². The summed E-state index contributed by atoms with van der Waals surface area (Å²) in [5.41, 5.74) is 2.86. The van der Waals surface area contributed by atoms with Crippen LogP contribution in [0.1, 0.15) is 37.2 Å². The molecule has 0 aromatic carbocycles. The molecule has 0 atom stereocenters. The lowest BCUT2D eigenvalue weighted by Gasteiger charge is -2.01. The molecule has 0 saturated carbocycles. The van der Waals surface area contributed by atoms with Gasteiger partial charge >= 0.3 is 5.97 Å². The molecule has 0 radical (unpaired) electrons. The largest absolute Gasteiger partial charge is 0.477 e. The van der Waals surface area contributed by atoms with E-state index in [1.165, 1.54) is 11.1 Å². The fourth-order valence-corrected chi connectivity index (χ4v) is 2.01. The number of allylic oxidation sites excluding steroid dienone is 2. The fraction of sp³-hybridized carbons (Fsp3) is 0.308. The van der Waals surface area contributed by atoms with Crippen LogP contribution in [0.5, 0.6) is 0 Å². The maximum atomic E-state index is 10.9. The Kier molecular flexibility index (Phi) is 2.69. The van der Waals surface area contributed by atoms with E-state index in [0.717, 1.165) is 23.4 Å². The maximum Gasteiger partial charge on any atom is 0.352 e. The molecule has 2 rings (SSSR count). The molecule has 0 amide bonds. The molecule has 3 nitrogen and oxygen atoms in total. The normalized spacial score (nSPS) is 14.9. The second kappa shape index (κ2) is 4.00. The summed E-state index contributed by atoms with van der Waals surface area (Å²) in [6, 6.07) is 1.72. The minimum atomic E-state index is -0.908. The molecule has 0 fully saturated rings. The van der Waals surface area contributed by atoms with Crippen molar-refractivity contribution >= 4 is 17.6 Å². The molecule has 16 heavy (non-hydrogen) atoms. The molecule has 0 saturated heterocycles. The van der Waals surface area contributed by atoms with Crippen molar-refractivity contribution < 1.29 is 9.90 Å². The predicted molar refractivity (Wildman–Crippen MR) is 63.5 cm³/mol. The van der Waals surface area contributed by atoms with Gasteiger partial charge in [0.15, 0.2) is 0 Å². The molecule has 0 aliphatic heterocycles. The Balaban J connectivity index is 2.65. The minimum Gasteiger partial charge on any atom is -0.477 e. The third-order valence-corrected chi connectivity index (χ3v) is 2.97. The SMILES string of the molecule is CCC1=CC=c2[nH]c(C(=O)O)cc2=C(C)C1. The molecule has 84 valence electrons. The van der Waals surface area contributed by atoms with Crippen molar-refractivity contribution in [3.8, 4) is 0 Å². The van der Waals surface area contributed by atoms with Crippen LogP contribution in [-0.4, -0.2) is 16.1 Å². The number of rotatable bonds is 2. The Morgan fingerprint density at radius 3 is 2.88 bits per heavy atom. The first-order valence-corrected chi connectivity index (χ1v) is 5.43. The van der Waals surface area contributed by atoms with Gasteiger partial charge in [-0.1, -0.05) is 24.1 Å². The van der Waals surface area contributed by atoms with Crippen LogP contribution in [0.15, 0.2) is 17.7 Å². The molecule has 0 spiro atoms. The van der Waals surface area contributed by atoms with Crippen LogP contribution in [0.4, 0.5) is 0 Å². The summed E-state index contributed by atoms with van der Waals surface area (Å²) in [7, 11) is 0. The predicted octanol–water partition coefficient (Wildman–Crippen LogP) is 1.40. The Morgan fingerprint density at radius 2 is 2.25 bits per heavy atom. The van der Waals surface area contributed by atoms with E-state index in [1.807, 2.05) is 6.08 Å². The Bertz CT molecular complexity index is 576. The molecule has 3 heteroatoms. The van der Waals surface area contributed by atoms with Crippen molar-refractivity contribution in [3.63, 3.8) is 0 Å². The third kappa shape index (κ3) is 1.81. The van der Waals surface area contributed by atoms with Gasteiger partial charge in [-0.3, -0.25) is 0 Å². The van der Waals surface area contributed by atoms with Gasteiger partial charge in [0.1, 0.15) is 5.69 Å². The van der Waals surface area contributed by atoms with Gasteiger partial charge in [-0.25, -0.2) is 4.79 Å². The van der Waals surface area contributed by atoms with Crippen LogP contribution in [0.25, 0.3) is 11.6 Å². The molecular formula is C13H15NO2. The Morgan fingerprint density at radius 1 is 1.50 bits per heavy atom. The lowest BCUT2D eigenvalue weighted by Crippen LogP contribution is -2.23. The van der Waals surface area contributed by atoms with Gasteiger partial charge in [-0.05, 0) is 37.1 Å². The van der Waals surface area contributed by atoms with Crippen LogP contribution >= 0.6 is 0 Å². The van der Waals surface area contributed by atoms with Crippen molar-refractivity contribution in [2.45, 2.75) is 26.7 Å². The van der Waals surface area contributed by atoms with E-state index in [2.05, 4.69) is 24.9 Å². The number of aromatic nitrogens is 1. The first-order chi connectivity index (χ1) is 7.61. The molecule has 1 aromatic heterocycles. The zero-order valence-corrected chi connectivity index (χ0v) is 9.50. The van der Waals surface area contributed by atoms with Gasteiger partial charge in [0, 0.05) is 5.35 Å². The molecule has 1 aliphatic rings. The van der Waals surface area contributed by atoms with Crippen molar-refractivity contribution in [2.75, 3.05) is 0 Å². The number of hydrogen-bond acceptors (Lipinski definition) is 1. The zero-order chi connectivity index (χ0) is 11.7. The lowest BCUT2D eigenvalue weighted by atomic mass is 10.0. The Labute approximate surface area is 93.8 Å². The molecule has 2 N–H and O–H groups in total. The first-order valence-electron chi connectivity index (χ1n) is 5.43. The molecule has 1 heterocycles. The number of carboxylic acid groups (broad SMARTS) is 1. The zero-order valence-electron chi connectivity index (χ0n) is 9.50. The monoisotopic (exact) mass is 217 g/mol. The fourth-order valence-electron chi connectivity index (χ4n) is 2.01. The van der Waals surface area contributed by atoms with E-state index in [-0.39, 0.29) is 5.69 Å². The summed E-state index contributed by atoms with van der Waals surface area (Å²) in [5, 5.41) is 10.8. The molecular weight excluding hydrogens is 202 g/mol. The summed E-state index contributed by atoms with van der Waals surface area (Å²) >= 11 is 0. The Hall–Kier alpha value is -1.77. The molecule has 1 aliphatic carbocycles. The number of nitrogens with one attached hydrogen (secondary N) is 1. The first kappa shape index (κ1) is 10.7. The summed E-state index contributed by atoms with van der Waals surface area (Å²) in [5.74, 6) is -0.908. The number of aromatic carboxylic acids is 1. The highest BCUT2D eigenvalue weighted by Gasteiger charge is 2.08. The van der Waals surface area contributed by atoms with E-state index in [1.54, 1.807) is 6.07 Å². The number of carboxylic acids is 1. The highest BCUT2D eigenvalue weighted by molar-refractivity contribution is 5.85.